The third-order valence-corrected chi connectivity index (χ3v) is 6.04. The van der Waals surface area contributed by atoms with Crippen molar-refractivity contribution in [2.75, 3.05) is 13.1 Å². The highest BCUT2D eigenvalue weighted by molar-refractivity contribution is 7.89. The van der Waals surface area contributed by atoms with Crippen LogP contribution < -0.4 is 0 Å². The number of hydrogen-bond donors (Lipinski definition) is 0. The molecule has 1 aliphatic rings. The first-order valence-corrected chi connectivity index (χ1v) is 8.89. The van der Waals surface area contributed by atoms with Crippen LogP contribution in [-0.2, 0) is 10.0 Å². The highest BCUT2D eigenvalue weighted by Crippen LogP contribution is 2.30. The van der Waals surface area contributed by atoms with E-state index in [4.69, 9.17) is 4.52 Å². The normalized spacial score (nSPS) is 17.5. The van der Waals surface area contributed by atoms with Crippen LogP contribution in [0.3, 0.4) is 0 Å². The molecule has 23 heavy (non-hydrogen) atoms. The molecule has 0 radical (unpaired) electrons. The Labute approximate surface area is 134 Å². The van der Waals surface area contributed by atoms with Crippen LogP contribution in [0.1, 0.15) is 36.0 Å². The molecule has 1 saturated heterocycles. The fourth-order valence-corrected chi connectivity index (χ4v) is 4.39. The average Bonchev–Trinajstić information content (AvgIpc) is 2.96. The largest absolute Gasteiger partial charge is 0.339 e. The Hall–Kier alpha value is -1.80. The molecule has 1 aromatic carbocycles. The quantitative estimate of drug-likeness (QED) is 0.858. The molecule has 8 heteroatoms. The average molecular weight is 339 g/mol. The topological polar surface area (TPSA) is 76.3 Å². The van der Waals surface area contributed by atoms with Gasteiger partial charge in [0.15, 0.2) is 5.82 Å². The lowest BCUT2D eigenvalue weighted by Crippen LogP contribution is -2.38. The van der Waals surface area contributed by atoms with Gasteiger partial charge in [0, 0.05) is 19.0 Å². The molecule has 0 N–H and O–H groups in total. The zero-order valence-corrected chi connectivity index (χ0v) is 13.8. The second-order valence-electron chi connectivity index (χ2n) is 5.75. The highest BCUT2D eigenvalue weighted by Gasteiger charge is 2.33. The molecule has 1 aromatic heterocycles. The van der Waals surface area contributed by atoms with E-state index < -0.39 is 15.8 Å². The van der Waals surface area contributed by atoms with Crippen molar-refractivity contribution in [3.63, 3.8) is 0 Å². The van der Waals surface area contributed by atoms with Gasteiger partial charge in [0.1, 0.15) is 10.7 Å². The Bertz CT molecular complexity index is 811. The predicted octanol–water partition coefficient (Wildman–Crippen LogP) is 2.39. The van der Waals surface area contributed by atoms with E-state index in [0.717, 1.165) is 0 Å². The van der Waals surface area contributed by atoms with Crippen LogP contribution in [-0.4, -0.2) is 36.0 Å². The molecule has 0 saturated carbocycles. The number of nitrogens with zero attached hydrogens (tertiary/aromatic N) is 3. The van der Waals surface area contributed by atoms with E-state index >= 15 is 0 Å². The molecule has 2 aromatic rings. The molecule has 124 valence electrons. The molecule has 1 fully saturated rings. The number of aromatic nitrogens is 2. The van der Waals surface area contributed by atoms with Gasteiger partial charge in [-0.2, -0.15) is 9.29 Å². The van der Waals surface area contributed by atoms with E-state index in [9.17, 15) is 12.8 Å². The zero-order valence-electron chi connectivity index (χ0n) is 13.0. The van der Waals surface area contributed by atoms with Crippen molar-refractivity contribution in [1.82, 2.24) is 14.4 Å². The smallest absolute Gasteiger partial charge is 0.245 e. The zero-order chi connectivity index (χ0) is 16.6. The number of rotatable bonds is 3. The summed E-state index contributed by atoms with van der Waals surface area (Å²) in [6.07, 6.45) is 1.16. The molecule has 0 aliphatic carbocycles. The lowest BCUT2D eigenvalue weighted by atomic mass is 9.98. The van der Waals surface area contributed by atoms with E-state index in [1.165, 1.54) is 10.4 Å². The minimum Gasteiger partial charge on any atom is -0.339 e. The molecule has 0 amide bonds. The van der Waals surface area contributed by atoms with Crippen molar-refractivity contribution in [3.05, 3.63) is 41.3 Å². The molecule has 0 bridgehead atoms. The summed E-state index contributed by atoms with van der Waals surface area (Å²) in [5.41, 5.74) is 0.322. The predicted molar refractivity (Wildman–Crippen MR) is 80.9 cm³/mol. The van der Waals surface area contributed by atoms with E-state index in [0.29, 0.717) is 43.2 Å². The highest BCUT2D eigenvalue weighted by atomic mass is 32.2. The van der Waals surface area contributed by atoms with Crippen molar-refractivity contribution >= 4 is 10.0 Å². The molecule has 0 atom stereocenters. The molecule has 3 rings (SSSR count). The van der Waals surface area contributed by atoms with Crippen molar-refractivity contribution in [3.8, 4) is 0 Å². The number of piperidine rings is 1. The molecule has 0 spiro atoms. The van der Waals surface area contributed by atoms with Crippen molar-refractivity contribution in [2.24, 2.45) is 0 Å². The van der Waals surface area contributed by atoms with Crippen LogP contribution in [0.25, 0.3) is 0 Å². The van der Waals surface area contributed by atoms with E-state index in [1.807, 2.05) is 0 Å². The molecular formula is C15H18FN3O3S. The summed E-state index contributed by atoms with van der Waals surface area (Å²) in [6, 6.07) is 4.42. The first-order valence-electron chi connectivity index (χ1n) is 7.45. The standard InChI is InChI=1S/C15H18FN3O3S/c1-10-4-3-5-13(14(10)16)23(20,21)19-8-6-12(7-9-19)15-17-11(2)18-22-15/h3-5,12H,6-9H2,1-2H3. The number of halogens is 1. The Kier molecular flexibility index (Phi) is 4.20. The van der Waals surface area contributed by atoms with E-state index in [1.54, 1.807) is 26.0 Å². The molecular weight excluding hydrogens is 321 g/mol. The third-order valence-electron chi connectivity index (χ3n) is 4.12. The number of benzene rings is 1. The maximum atomic E-state index is 14.2. The summed E-state index contributed by atoms with van der Waals surface area (Å²) in [5, 5.41) is 3.76. The van der Waals surface area contributed by atoms with Gasteiger partial charge in [-0.15, -0.1) is 0 Å². The summed E-state index contributed by atoms with van der Waals surface area (Å²) >= 11 is 0. The Balaban J connectivity index is 1.77. The molecule has 6 nitrogen and oxygen atoms in total. The number of aryl methyl sites for hydroxylation is 2. The lowest BCUT2D eigenvalue weighted by Gasteiger charge is -2.29. The summed E-state index contributed by atoms with van der Waals surface area (Å²) in [4.78, 5) is 3.94. The van der Waals surface area contributed by atoms with E-state index in [2.05, 4.69) is 10.1 Å². The number of hydrogen-bond acceptors (Lipinski definition) is 5. The minimum absolute atomic E-state index is 0.0463. The Morgan fingerprint density at radius 2 is 1.96 bits per heavy atom. The van der Waals surface area contributed by atoms with Gasteiger partial charge < -0.3 is 4.52 Å². The molecule has 0 unspecified atom stereocenters. The first kappa shape index (κ1) is 16.1. The van der Waals surface area contributed by atoms with Gasteiger partial charge in [0.05, 0.1) is 0 Å². The maximum absolute atomic E-state index is 14.2. The van der Waals surface area contributed by atoms with Crippen LogP contribution in [0.15, 0.2) is 27.6 Å². The van der Waals surface area contributed by atoms with Gasteiger partial charge in [-0.3, -0.25) is 0 Å². The Morgan fingerprint density at radius 3 is 2.57 bits per heavy atom. The summed E-state index contributed by atoms with van der Waals surface area (Å²) in [7, 11) is -3.82. The second kappa shape index (κ2) is 6.01. The van der Waals surface area contributed by atoms with Gasteiger partial charge in [0.25, 0.3) is 0 Å². The fourth-order valence-electron chi connectivity index (χ4n) is 2.78. The second-order valence-corrected chi connectivity index (χ2v) is 7.65. The first-order chi connectivity index (χ1) is 10.9. The van der Waals surface area contributed by atoms with Gasteiger partial charge in [-0.25, -0.2) is 12.8 Å². The molecule has 2 heterocycles. The summed E-state index contributed by atoms with van der Waals surface area (Å²) < 4.78 is 45.9. The van der Waals surface area contributed by atoms with Crippen LogP contribution in [0.5, 0.6) is 0 Å². The van der Waals surface area contributed by atoms with Crippen molar-refractivity contribution in [1.29, 1.82) is 0 Å². The maximum Gasteiger partial charge on any atom is 0.245 e. The van der Waals surface area contributed by atoms with E-state index in [-0.39, 0.29) is 10.8 Å². The SMILES string of the molecule is Cc1noc(C2CCN(S(=O)(=O)c3cccc(C)c3F)CC2)n1. The Morgan fingerprint density at radius 1 is 1.26 bits per heavy atom. The lowest BCUT2D eigenvalue weighted by molar-refractivity contribution is 0.270. The molecule has 1 aliphatic heterocycles. The van der Waals surface area contributed by atoms with Gasteiger partial charge in [-0.1, -0.05) is 17.3 Å². The van der Waals surface area contributed by atoms with Crippen LogP contribution in [0, 0.1) is 19.7 Å². The monoisotopic (exact) mass is 339 g/mol. The van der Waals surface area contributed by atoms with Crippen molar-refractivity contribution < 1.29 is 17.3 Å². The summed E-state index contributed by atoms with van der Waals surface area (Å²) in [6.45, 7) is 3.91. The van der Waals surface area contributed by atoms with Gasteiger partial charge >= 0.3 is 0 Å². The van der Waals surface area contributed by atoms with Gasteiger partial charge in [0.2, 0.25) is 15.9 Å². The fraction of sp³-hybridized carbons (Fsp3) is 0.467. The minimum atomic E-state index is -3.82. The van der Waals surface area contributed by atoms with Crippen LogP contribution >= 0.6 is 0 Å². The van der Waals surface area contributed by atoms with Crippen LogP contribution in [0.4, 0.5) is 4.39 Å². The third kappa shape index (κ3) is 3.00. The van der Waals surface area contributed by atoms with Crippen molar-refractivity contribution in [2.45, 2.75) is 37.5 Å². The summed E-state index contributed by atoms with van der Waals surface area (Å²) in [5.74, 6) is 0.477. The van der Waals surface area contributed by atoms with Crippen LogP contribution in [0.2, 0.25) is 0 Å². The number of sulfonamides is 1. The van der Waals surface area contributed by atoms with Gasteiger partial charge in [-0.05, 0) is 38.3 Å².